The van der Waals surface area contributed by atoms with Crippen LogP contribution in [0.4, 0.5) is 5.69 Å². The monoisotopic (exact) mass is 533 g/mol. The molecule has 0 unspecified atom stereocenters. The summed E-state index contributed by atoms with van der Waals surface area (Å²) in [5, 5.41) is 11.4. The van der Waals surface area contributed by atoms with Gasteiger partial charge in [0.2, 0.25) is 0 Å². The van der Waals surface area contributed by atoms with E-state index in [-0.39, 0.29) is 6.61 Å². The van der Waals surface area contributed by atoms with Gasteiger partial charge in [-0.05, 0) is 64.4 Å². The Morgan fingerprint density at radius 1 is 1.09 bits per heavy atom. The highest BCUT2D eigenvalue weighted by Crippen LogP contribution is 2.48. The second-order valence-corrected chi connectivity index (χ2v) is 11.1. The number of halogens is 1. The Kier molecular flexibility index (Phi) is 8.49. The van der Waals surface area contributed by atoms with E-state index in [1.165, 1.54) is 16.7 Å². The molecule has 0 atom stereocenters. The lowest BCUT2D eigenvalue weighted by Gasteiger charge is -2.36. The lowest BCUT2D eigenvalue weighted by Crippen LogP contribution is -2.49. The Morgan fingerprint density at radius 2 is 1.82 bits per heavy atom. The van der Waals surface area contributed by atoms with Gasteiger partial charge in [-0.2, -0.15) is 0 Å². The van der Waals surface area contributed by atoms with E-state index >= 15 is 0 Å². The maximum Gasteiger partial charge on any atom is 0.163 e. The standard InChI is InChI=1S/C26H36BrN3O2S/c1-4-8-19-18(6-3)16-22-23(20(19)9-5-2)28-26(21-17-33-25(27)24(21)32-22)30-13-11-29(12-14-30)10-7-15-31/h16-17,31H,4-15H2,1-3H3. The predicted octanol–water partition coefficient (Wildman–Crippen LogP) is 6.16. The second kappa shape index (κ2) is 11.3. The molecule has 1 saturated heterocycles. The predicted molar refractivity (Wildman–Crippen MR) is 142 cm³/mol. The molecular weight excluding hydrogens is 498 g/mol. The van der Waals surface area contributed by atoms with Gasteiger partial charge in [-0.25, -0.2) is 4.99 Å². The van der Waals surface area contributed by atoms with Gasteiger partial charge in [0, 0.05) is 44.7 Å². The van der Waals surface area contributed by atoms with Crippen molar-refractivity contribution in [3.8, 4) is 11.5 Å². The molecule has 0 saturated carbocycles. The number of hydrogen-bond acceptors (Lipinski definition) is 6. The Morgan fingerprint density at radius 3 is 2.48 bits per heavy atom. The first-order valence-corrected chi connectivity index (χ1v) is 14.1. The van der Waals surface area contributed by atoms with Crippen molar-refractivity contribution < 1.29 is 9.84 Å². The van der Waals surface area contributed by atoms with Crippen LogP contribution in [-0.4, -0.2) is 60.1 Å². The highest BCUT2D eigenvalue weighted by Gasteiger charge is 2.30. The Labute approximate surface area is 210 Å². The molecule has 1 fully saturated rings. The summed E-state index contributed by atoms with van der Waals surface area (Å²) in [5.41, 5.74) is 6.36. The van der Waals surface area contributed by atoms with Crippen molar-refractivity contribution in [2.45, 2.75) is 59.3 Å². The minimum atomic E-state index is 0.257. The molecule has 1 aromatic carbocycles. The highest BCUT2D eigenvalue weighted by molar-refractivity contribution is 9.11. The van der Waals surface area contributed by atoms with Gasteiger partial charge >= 0.3 is 0 Å². The van der Waals surface area contributed by atoms with Crippen molar-refractivity contribution in [3.63, 3.8) is 0 Å². The number of hydrogen-bond donors (Lipinski definition) is 1. The Balaban J connectivity index is 1.79. The molecule has 2 aromatic rings. The molecule has 0 radical (unpaired) electrons. The number of nitrogens with zero attached hydrogens (tertiary/aromatic N) is 3. The summed E-state index contributed by atoms with van der Waals surface area (Å²) in [7, 11) is 0. The quantitative estimate of drug-likeness (QED) is 0.441. The first-order chi connectivity index (χ1) is 16.1. The highest BCUT2D eigenvalue weighted by atomic mass is 79.9. The smallest absolute Gasteiger partial charge is 0.163 e. The van der Waals surface area contributed by atoms with Crippen molar-refractivity contribution in [3.05, 3.63) is 37.5 Å². The van der Waals surface area contributed by atoms with Crippen LogP contribution >= 0.6 is 27.3 Å². The van der Waals surface area contributed by atoms with Crippen molar-refractivity contribution in [1.82, 2.24) is 9.80 Å². The van der Waals surface area contributed by atoms with Crippen molar-refractivity contribution >= 4 is 38.8 Å². The summed E-state index contributed by atoms with van der Waals surface area (Å²) < 4.78 is 7.64. The summed E-state index contributed by atoms with van der Waals surface area (Å²) in [6.45, 7) is 11.8. The van der Waals surface area contributed by atoms with E-state index in [0.717, 1.165) is 104 Å². The number of piperazine rings is 1. The molecule has 0 amide bonds. The number of aryl methyl sites for hydroxylation is 1. The third-order valence-corrected chi connectivity index (χ3v) is 8.30. The first kappa shape index (κ1) is 24.7. The molecule has 0 spiro atoms. The molecule has 1 N–H and O–H groups in total. The van der Waals surface area contributed by atoms with Crippen molar-refractivity contribution in [2.24, 2.45) is 4.99 Å². The van der Waals surface area contributed by atoms with Crippen LogP contribution in [0.5, 0.6) is 11.5 Å². The van der Waals surface area contributed by atoms with E-state index in [2.05, 4.69) is 57.9 Å². The second-order valence-electron chi connectivity index (χ2n) is 8.89. The molecule has 2 aliphatic heterocycles. The topological polar surface area (TPSA) is 48.3 Å². The number of aliphatic hydroxyl groups excluding tert-OH is 1. The molecule has 3 heterocycles. The average Bonchev–Trinajstić information content (AvgIpc) is 3.09. The normalized spacial score (nSPS) is 16.2. The zero-order valence-electron chi connectivity index (χ0n) is 20.1. The molecule has 180 valence electrons. The number of aliphatic hydroxyl groups is 1. The van der Waals surface area contributed by atoms with Crippen molar-refractivity contribution in [1.29, 1.82) is 0 Å². The summed E-state index contributed by atoms with van der Waals surface area (Å²) in [4.78, 5) is 10.3. The zero-order valence-corrected chi connectivity index (χ0v) is 22.5. The third-order valence-electron chi connectivity index (χ3n) is 6.64. The van der Waals surface area contributed by atoms with E-state index in [9.17, 15) is 5.11 Å². The van der Waals surface area contributed by atoms with Crippen LogP contribution in [0.2, 0.25) is 0 Å². The lowest BCUT2D eigenvalue weighted by molar-refractivity contribution is 0.166. The zero-order chi connectivity index (χ0) is 23.4. The van der Waals surface area contributed by atoms with Crippen LogP contribution < -0.4 is 4.74 Å². The van der Waals surface area contributed by atoms with E-state index in [4.69, 9.17) is 9.73 Å². The van der Waals surface area contributed by atoms with Gasteiger partial charge in [0.15, 0.2) is 11.5 Å². The van der Waals surface area contributed by atoms with Gasteiger partial charge in [0.05, 0.1) is 5.56 Å². The molecule has 5 nitrogen and oxygen atoms in total. The van der Waals surface area contributed by atoms with Crippen LogP contribution in [0.1, 0.15) is 62.3 Å². The van der Waals surface area contributed by atoms with Gasteiger partial charge in [0.25, 0.3) is 0 Å². The Bertz CT molecular complexity index is 996. The van der Waals surface area contributed by atoms with E-state index in [0.29, 0.717) is 0 Å². The van der Waals surface area contributed by atoms with Crippen LogP contribution in [-0.2, 0) is 19.3 Å². The average molecular weight is 535 g/mol. The fraction of sp³-hybridized carbons (Fsp3) is 0.577. The van der Waals surface area contributed by atoms with Crippen LogP contribution in [0.3, 0.4) is 0 Å². The SMILES string of the molecule is CCCc1c(CC)cc2c(c1CCC)N=C(N1CCN(CCCO)CC1)c1csc(Br)c1O2. The molecule has 7 heteroatoms. The number of thiophene rings is 1. The molecule has 4 rings (SSSR count). The number of aliphatic imine (C=N–C) groups is 1. The van der Waals surface area contributed by atoms with E-state index in [1.54, 1.807) is 11.3 Å². The van der Waals surface area contributed by atoms with Gasteiger partial charge in [0.1, 0.15) is 15.3 Å². The molecule has 1 aromatic heterocycles. The summed E-state index contributed by atoms with van der Waals surface area (Å²) in [6.07, 6.45) is 6.18. The van der Waals surface area contributed by atoms with E-state index < -0.39 is 0 Å². The molecule has 0 aliphatic carbocycles. The van der Waals surface area contributed by atoms with Crippen LogP contribution in [0.25, 0.3) is 0 Å². The maximum atomic E-state index is 9.18. The number of amidine groups is 1. The fourth-order valence-corrected chi connectivity index (χ4v) is 6.23. The number of benzene rings is 1. The largest absolute Gasteiger partial charge is 0.452 e. The van der Waals surface area contributed by atoms with Crippen LogP contribution in [0.15, 0.2) is 20.2 Å². The minimum absolute atomic E-state index is 0.257. The molecular formula is C26H36BrN3O2S. The number of ether oxygens (including phenoxy) is 1. The van der Waals surface area contributed by atoms with Gasteiger partial charge < -0.3 is 14.7 Å². The van der Waals surface area contributed by atoms with Gasteiger partial charge in [-0.1, -0.05) is 33.6 Å². The molecule has 33 heavy (non-hydrogen) atoms. The van der Waals surface area contributed by atoms with Crippen molar-refractivity contribution in [2.75, 3.05) is 39.3 Å². The number of rotatable bonds is 8. The summed E-state index contributed by atoms with van der Waals surface area (Å²) in [6, 6.07) is 2.24. The maximum absolute atomic E-state index is 9.18. The van der Waals surface area contributed by atoms with Gasteiger partial charge in [-0.3, -0.25) is 4.90 Å². The molecule has 2 aliphatic rings. The minimum Gasteiger partial charge on any atom is -0.452 e. The Hall–Kier alpha value is -1.41. The lowest BCUT2D eigenvalue weighted by atomic mass is 9.91. The fourth-order valence-electron chi connectivity index (χ4n) is 4.96. The van der Waals surface area contributed by atoms with Gasteiger partial charge in [-0.15, -0.1) is 11.3 Å². The summed E-state index contributed by atoms with van der Waals surface area (Å²) in [5.74, 6) is 2.83. The third kappa shape index (κ3) is 5.16. The van der Waals surface area contributed by atoms with E-state index in [1.807, 2.05) is 0 Å². The molecule has 0 bridgehead atoms. The first-order valence-electron chi connectivity index (χ1n) is 12.4. The summed E-state index contributed by atoms with van der Waals surface area (Å²) >= 11 is 5.41. The van der Waals surface area contributed by atoms with Crippen LogP contribution in [0, 0.1) is 0 Å². The number of fused-ring (bicyclic) bond motifs is 2.